The first-order chi connectivity index (χ1) is 8.65. The summed E-state index contributed by atoms with van der Waals surface area (Å²) < 4.78 is 1.59. The molecule has 2 heterocycles. The molecule has 0 aliphatic heterocycles. The molecule has 0 fully saturated rings. The molecule has 0 aliphatic rings. The maximum absolute atomic E-state index is 4.28. The molecule has 0 unspecified atom stereocenters. The van der Waals surface area contributed by atoms with Crippen molar-refractivity contribution in [2.24, 2.45) is 7.05 Å². The maximum atomic E-state index is 4.28. The Morgan fingerprint density at radius 1 is 1.33 bits per heavy atom. The van der Waals surface area contributed by atoms with Crippen molar-refractivity contribution >= 4 is 11.8 Å². The van der Waals surface area contributed by atoms with E-state index in [1.54, 1.807) is 11.7 Å². The second kappa shape index (κ2) is 5.87. The molecule has 0 radical (unpaired) electrons. The van der Waals surface area contributed by atoms with Crippen LogP contribution in [0.1, 0.15) is 19.4 Å². The zero-order valence-electron chi connectivity index (χ0n) is 10.5. The predicted octanol–water partition coefficient (Wildman–Crippen LogP) is 0.649. The average Bonchev–Trinajstić information content (AvgIpc) is 2.74. The number of rotatable bonds is 5. The Balaban J connectivity index is 1.97. The third kappa shape index (κ3) is 3.47. The molecule has 2 aromatic rings. The van der Waals surface area contributed by atoms with Gasteiger partial charge in [-0.3, -0.25) is 0 Å². The van der Waals surface area contributed by atoms with E-state index < -0.39 is 0 Å². The van der Waals surface area contributed by atoms with Gasteiger partial charge < -0.3 is 5.32 Å². The fourth-order valence-corrected chi connectivity index (χ4v) is 1.82. The largest absolute Gasteiger partial charge is 0.310 e. The lowest BCUT2D eigenvalue weighted by atomic mass is 10.3. The molecule has 2 rings (SSSR count). The second-order valence-electron chi connectivity index (χ2n) is 4.10. The molecule has 0 atom stereocenters. The van der Waals surface area contributed by atoms with Crippen molar-refractivity contribution in [3.63, 3.8) is 0 Å². The number of hydrogen-bond donors (Lipinski definition) is 1. The highest BCUT2D eigenvalue weighted by Gasteiger charge is 2.07. The maximum Gasteiger partial charge on any atom is 0.216 e. The molecule has 0 aliphatic carbocycles. The average molecular weight is 265 g/mol. The Morgan fingerprint density at radius 3 is 2.61 bits per heavy atom. The van der Waals surface area contributed by atoms with Crippen LogP contribution in [0.5, 0.6) is 0 Å². The molecule has 96 valence electrons. The van der Waals surface area contributed by atoms with Gasteiger partial charge in [0.1, 0.15) is 0 Å². The Morgan fingerprint density at radius 2 is 2.06 bits per heavy atom. The van der Waals surface area contributed by atoms with Crippen molar-refractivity contribution in [1.82, 2.24) is 35.5 Å². The van der Waals surface area contributed by atoms with Gasteiger partial charge in [0.2, 0.25) is 5.16 Å². The number of tetrazole rings is 1. The first-order valence-corrected chi connectivity index (χ1v) is 6.41. The van der Waals surface area contributed by atoms with Gasteiger partial charge in [0.25, 0.3) is 0 Å². The minimum atomic E-state index is 0.448. The lowest BCUT2D eigenvalue weighted by Gasteiger charge is -2.07. The van der Waals surface area contributed by atoms with Crippen LogP contribution in [0.4, 0.5) is 0 Å². The van der Waals surface area contributed by atoms with E-state index in [2.05, 4.69) is 44.7 Å². The van der Waals surface area contributed by atoms with Crippen LogP contribution >= 0.6 is 11.8 Å². The fourth-order valence-electron chi connectivity index (χ4n) is 1.20. The van der Waals surface area contributed by atoms with Crippen LogP contribution in [-0.2, 0) is 13.6 Å². The summed E-state index contributed by atoms with van der Waals surface area (Å²) in [7, 11) is 1.78. The molecular formula is C10H15N7S. The molecule has 0 saturated carbocycles. The van der Waals surface area contributed by atoms with Gasteiger partial charge in [0.15, 0.2) is 5.16 Å². The van der Waals surface area contributed by atoms with Crippen molar-refractivity contribution < 1.29 is 0 Å². The Labute approximate surface area is 109 Å². The lowest BCUT2D eigenvalue weighted by molar-refractivity contribution is 0.585. The monoisotopic (exact) mass is 265 g/mol. The topological polar surface area (TPSA) is 81.4 Å². The quantitative estimate of drug-likeness (QED) is 0.795. The number of nitrogens with one attached hydrogen (secondary N) is 1. The van der Waals surface area contributed by atoms with Crippen LogP contribution < -0.4 is 5.32 Å². The Kier molecular flexibility index (Phi) is 4.21. The van der Waals surface area contributed by atoms with Gasteiger partial charge in [-0.2, -0.15) is 0 Å². The zero-order chi connectivity index (χ0) is 13.0. The van der Waals surface area contributed by atoms with Crippen LogP contribution in [0.2, 0.25) is 0 Å². The summed E-state index contributed by atoms with van der Waals surface area (Å²) in [4.78, 5) is 8.55. The molecule has 1 N–H and O–H groups in total. The summed E-state index contributed by atoms with van der Waals surface area (Å²) >= 11 is 1.34. The number of hydrogen-bond acceptors (Lipinski definition) is 7. The van der Waals surface area contributed by atoms with E-state index in [4.69, 9.17) is 0 Å². The molecular weight excluding hydrogens is 250 g/mol. The number of aryl methyl sites for hydroxylation is 1. The van der Waals surface area contributed by atoms with Gasteiger partial charge in [0, 0.05) is 37.6 Å². The molecule has 18 heavy (non-hydrogen) atoms. The summed E-state index contributed by atoms with van der Waals surface area (Å²) in [6.07, 6.45) is 3.63. The smallest absolute Gasteiger partial charge is 0.216 e. The van der Waals surface area contributed by atoms with Crippen LogP contribution in [0.25, 0.3) is 0 Å². The Bertz CT molecular complexity index is 493. The van der Waals surface area contributed by atoms with Crippen molar-refractivity contribution in [1.29, 1.82) is 0 Å². The fraction of sp³-hybridized carbons (Fsp3) is 0.500. The van der Waals surface area contributed by atoms with Crippen LogP contribution in [0.3, 0.4) is 0 Å². The van der Waals surface area contributed by atoms with Crippen molar-refractivity contribution in [2.45, 2.75) is 36.7 Å². The molecule has 0 bridgehead atoms. The van der Waals surface area contributed by atoms with Gasteiger partial charge >= 0.3 is 0 Å². The van der Waals surface area contributed by atoms with E-state index in [0.29, 0.717) is 16.4 Å². The van der Waals surface area contributed by atoms with Gasteiger partial charge in [-0.25, -0.2) is 14.6 Å². The van der Waals surface area contributed by atoms with Gasteiger partial charge in [0.05, 0.1) is 0 Å². The highest BCUT2D eigenvalue weighted by atomic mass is 32.2. The van der Waals surface area contributed by atoms with Gasteiger partial charge in [-0.1, -0.05) is 13.8 Å². The summed E-state index contributed by atoms with van der Waals surface area (Å²) in [5, 5.41) is 15.8. The summed E-state index contributed by atoms with van der Waals surface area (Å²) in [6.45, 7) is 4.98. The van der Waals surface area contributed by atoms with Crippen molar-refractivity contribution in [3.8, 4) is 0 Å². The molecule has 0 aromatic carbocycles. The van der Waals surface area contributed by atoms with Crippen molar-refractivity contribution in [2.75, 3.05) is 0 Å². The minimum Gasteiger partial charge on any atom is -0.310 e. The highest BCUT2D eigenvalue weighted by Crippen LogP contribution is 2.20. The molecule has 8 heteroatoms. The standard InChI is InChI=1S/C10H15N7S/c1-7(2)11-4-8-5-12-9(13-6-8)18-10-14-15-16-17(10)3/h5-7,11H,4H2,1-3H3. The van der Waals surface area contributed by atoms with Crippen molar-refractivity contribution in [3.05, 3.63) is 18.0 Å². The van der Waals surface area contributed by atoms with Gasteiger partial charge in [-0.05, 0) is 22.2 Å². The minimum absolute atomic E-state index is 0.448. The van der Waals surface area contributed by atoms with Crippen LogP contribution in [-0.4, -0.2) is 36.2 Å². The molecule has 0 spiro atoms. The third-order valence-corrected chi connectivity index (χ3v) is 3.08. The SMILES string of the molecule is CC(C)NCc1cnc(Sc2nnnn2C)nc1. The number of aromatic nitrogens is 6. The van der Waals surface area contributed by atoms with E-state index in [9.17, 15) is 0 Å². The summed E-state index contributed by atoms with van der Waals surface area (Å²) in [6, 6.07) is 0.448. The Hall–Kier alpha value is -1.54. The summed E-state index contributed by atoms with van der Waals surface area (Å²) in [5.41, 5.74) is 1.06. The van der Waals surface area contributed by atoms with E-state index in [0.717, 1.165) is 12.1 Å². The van der Waals surface area contributed by atoms with Gasteiger partial charge in [-0.15, -0.1) is 5.10 Å². The normalized spacial score (nSPS) is 11.1. The van der Waals surface area contributed by atoms with E-state index in [1.807, 2.05) is 12.4 Å². The molecule has 0 amide bonds. The van der Waals surface area contributed by atoms with E-state index in [-0.39, 0.29) is 0 Å². The second-order valence-corrected chi connectivity index (χ2v) is 5.03. The third-order valence-electron chi connectivity index (χ3n) is 2.16. The lowest BCUT2D eigenvalue weighted by Crippen LogP contribution is -2.21. The summed E-state index contributed by atoms with van der Waals surface area (Å²) in [5.74, 6) is 0. The molecule has 2 aromatic heterocycles. The highest BCUT2D eigenvalue weighted by molar-refractivity contribution is 7.99. The number of nitrogens with zero attached hydrogens (tertiary/aromatic N) is 6. The predicted molar refractivity (Wildman–Crippen MR) is 66.9 cm³/mol. The first-order valence-electron chi connectivity index (χ1n) is 5.59. The van der Waals surface area contributed by atoms with E-state index >= 15 is 0 Å². The molecule has 7 nitrogen and oxygen atoms in total. The van der Waals surface area contributed by atoms with Crippen LogP contribution in [0.15, 0.2) is 22.7 Å². The molecule has 0 saturated heterocycles. The zero-order valence-corrected chi connectivity index (χ0v) is 11.3. The van der Waals surface area contributed by atoms with E-state index in [1.165, 1.54) is 11.8 Å². The first kappa shape index (κ1) is 12.9. The van der Waals surface area contributed by atoms with Crippen LogP contribution in [0, 0.1) is 0 Å².